The Labute approximate surface area is 334 Å². The zero-order chi connectivity index (χ0) is 40.5. The highest BCUT2D eigenvalue weighted by molar-refractivity contribution is 5.80. The number of hydrogen-bond acceptors (Lipinski definition) is 10. The molecule has 9 atom stereocenters. The molecule has 1 aliphatic heterocycles. The maximum absolute atomic E-state index is 13.0. The van der Waals surface area contributed by atoms with Gasteiger partial charge in [0.1, 0.15) is 36.6 Å². The fraction of sp³-hybridized carbons (Fsp3) is 0.932. The van der Waals surface area contributed by atoms with Gasteiger partial charge in [0, 0.05) is 0 Å². The lowest BCUT2D eigenvalue weighted by atomic mass is 9.98. The Morgan fingerprint density at radius 3 is 1.56 bits per heavy atom. The highest BCUT2D eigenvalue weighted by atomic mass is 16.7. The van der Waals surface area contributed by atoms with Crippen molar-refractivity contribution in [3.63, 3.8) is 0 Å². The average molecular weight is 788 g/mol. The molecule has 9 unspecified atom stereocenters. The average Bonchev–Trinajstić information content (AvgIpc) is 3.18. The van der Waals surface area contributed by atoms with Gasteiger partial charge in [-0.15, -0.1) is 0 Å². The number of aliphatic hydroxyl groups is 7. The Kier molecular flexibility index (Phi) is 32.9. The van der Waals surface area contributed by atoms with Crippen LogP contribution in [0.3, 0.4) is 0 Å². The number of allylic oxidation sites excluding steroid dienone is 2. The van der Waals surface area contributed by atoms with Gasteiger partial charge in [0.15, 0.2) is 6.29 Å². The molecule has 0 aliphatic carbocycles. The van der Waals surface area contributed by atoms with Gasteiger partial charge in [0.25, 0.3) is 0 Å². The van der Waals surface area contributed by atoms with Crippen LogP contribution in [-0.2, 0) is 14.3 Å². The second kappa shape index (κ2) is 34.9. The first-order chi connectivity index (χ1) is 26.7. The molecule has 11 heteroatoms. The summed E-state index contributed by atoms with van der Waals surface area (Å²) in [6.07, 6.45) is 24.1. The molecule has 0 spiro atoms. The minimum absolute atomic E-state index is 0.258. The van der Waals surface area contributed by atoms with Crippen molar-refractivity contribution >= 4 is 5.91 Å². The van der Waals surface area contributed by atoms with Crippen LogP contribution in [-0.4, -0.2) is 110 Å². The second-order valence-corrected chi connectivity index (χ2v) is 16.1. The van der Waals surface area contributed by atoms with E-state index in [1.807, 2.05) is 0 Å². The van der Waals surface area contributed by atoms with E-state index >= 15 is 0 Å². The molecule has 1 fully saturated rings. The highest BCUT2D eigenvalue weighted by Crippen LogP contribution is 2.23. The molecule has 0 aromatic heterocycles. The van der Waals surface area contributed by atoms with Gasteiger partial charge in [-0.2, -0.15) is 0 Å². The molecule has 1 saturated heterocycles. The Bertz CT molecular complexity index is 908. The van der Waals surface area contributed by atoms with Gasteiger partial charge >= 0.3 is 0 Å². The zero-order valence-corrected chi connectivity index (χ0v) is 34.9. The zero-order valence-electron chi connectivity index (χ0n) is 34.9. The third kappa shape index (κ3) is 25.1. The molecular weight excluding hydrogens is 702 g/mol. The molecule has 1 rings (SSSR count). The van der Waals surface area contributed by atoms with Crippen molar-refractivity contribution in [2.45, 2.75) is 249 Å². The van der Waals surface area contributed by atoms with Gasteiger partial charge in [-0.25, -0.2) is 0 Å². The molecule has 0 radical (unpaired) electrons. The summed E-state index contributed by atoms with van der Waals surface area (Å²) in [5.74, 6) is -0.706. The largest absolute Gasteiger partial charge is 0.394 e. The first-order valence-corrected chi connectivity index (χ1v) is 22.6. The maximum atomic E-state index is 13.0. The number of hydrogen-bond donors (Lipinski definition) is 8. The van der Waals surface area contributed by atoms with Gasteiger partial charge in [-0.05, 0) is 38.5 Å². The first-order valence-electron chi connectivity index (χ1n) is 22.6. The van der Waals surface area contributed by atoms with Crippen molar-refractivity contribution in [3.8, 4) is 0 Å². The Morgan fingerprint density at radius 1 is 0.618 bits per heavy atom. The van der Waals surface area contributed by atoms with Crippen molar-refractivity contribution in [2.24, 2.45) is 0 Å². The monoisotopic (exact) mass is 788 g/mol. The maximum Gasteiger partial charge on any atom is 0.249 e. The van der Waals surface area contributed by atoms with Gasteiger partial charge in [0.05, 0.1) is 25.4 Å². The van der Waals surface area contributed by atoms with Crippen LogP contribution in [0.2, 0.25) is 0 Å². The first kappa shape index (κ1) is 51.9. The van der Waals surface area contributed by atoms with E-state index in [2.05, 4.69) is 31.3 Å². The van der Waals surface area contributed by atoms with Crippen molar-refractivity contribution in [1.82, 2.24) is 5.32 Å². The van der Waals surface area contributed by atoms with Gasteiger partial charge in [-0.3, -0.25) is 4.79 Å². The van der Waals surface area contributed by atoms with Crippen LogP contribution < -0.4 is 5.32 Å². The van der Waals surface area contributed by atoms with E-state index in [9.17, 15) is 40.5 Å². The minimum atomic E-state index is -1.66. The van der Waals surface area contributed by atoms with E-state index in [0.717, 1.165) is 38.5 Å². The number of rotatable bonds is 37. The summed E-state index contributed by atoms with van der Waals surface area (Å²) in [5.41, 5.74) is 0. The van der Waals surface area contributed by atoms with Crippen LogP contribution in [0.25, 0.3) is 0 Å². The topological polar surface area (TPSA) is 189 Å². The summed E-state index contributed by atoms with van der Waals surface area (Å²) in [5, 5.41) is 75.5. The Balaban J connectivity index is 2.50. The van der Waals surface area contributed by atoms with Crippen LogP contribution in [0.15, 0.2) is 12.2 Å². The number of carbonyl (C=O) groups excluding carboxylic acids is 1. The van der Waals surface area contributed by atoms with E-state index < -0.39 is 74.2 Å². The number of nitrogens with one attached hydrogen (secondary N) is 1. The Hall–Kier alpha value is -1.15. The molecule has 8 N–H and O–H groups in total. The quantitative estimate of drug-likeness (QED) is 0.0243. The van der Waals surface area contributed by atoms with E-state index in [4.69, 9.17) is 9.47 Å². The summed E-state index contributed by atoms with van der Waals surface area (Å²) < 4.78 is 11.1. The summed E-state index contributed by atoms with van der Waals surface area (Å²) in [4.78, 5) is 13.0. The molecule has 0 aromatic carbocycles. The van der Waals surface area contributed by atoms with E-state index in [-0.39, 0.29) is 12.8 Å². The predicted molar refractivity (Wildman–Crippen MR) is 219 cm³/mol. The van der Waals surface area contributed by atoms with Crippen LogP contribution in [0.1, 0.15) is 194 Å². The molecular formula is C44H85NO10. The third-order valence-corrected chi connectivity index (χ3v) is 11.1. The summed E-state index contributed by atoms with van der Waals surface area (Å²) in [6, 6.07) is -1.18. The van der Waals surface area contributed by atoms with Gasteiger partial charge in [0.2, 0.25) is 5.91 Å². The van der Waals surface area contributed by atoms with Crippen molar-refractivity contribution in [2.75, 3.05) is 13.2 Å². The predicted octanol–water partition coefficient (Wildman–Crippen LogP) is 6.89. The summed E-state index contributed by atoms with van der Waals surface area (Å²) >= 11 is 0. The van der Waals surface area contributed by atoms with Crippen LogP contribution >= 0.6 is 0 Å². The Morgan fingerprint density at radius 2 is 1.07 bits per heavy atom. The van der Waals surface area contributed by atoms with Gasteiger partial charge < -0.3 is 50.5 Å². The molecule has 0 aromatic rings. The molecule has 0 saturated carbocycles. The molecule has 1 heterocycles. The number of ether oxygens (including phenoxy) is 2. The summed E-state index contributed by atoms with van der Waals surface area (Å²) in [7, 11) is 0. The molecule has 11 nitrogen and oxygen atoms in total. The highest BCUT2D eigenvalue weighted by Gasteiger charge is 2.44. The second-order valence-electron chi connectivity index (χ2n) is 16.1. The van der Waals surface area contributed by atoms with Crippen molar-refractivity contribution in [3.05, 3.63) is 12.2 Å². The number of carbonyl (C=O) groups is 1. The lowest BCUT2D eigenvalue weighted by molar-refractivity contribution is -0.303. The fourth-order valence-corrected chi connectivity index (χ4v) is 7.26. The van der Waals surface area contributed by atoms with Crippen molar-refractivity contribution in [1.29, 1.82) is 0 Å². The SMILES string of the molecule is CCCCCCCCCCCCC/C=C/CCCC(O)C(O)C(COC1OC(CO)C(O)C(O)C1O)NC(=O)C(O)CCCCCCCCCCCCCC. The number of amides is 1. The minimum Gasteiger partial charge on any atom is -0.394 e. The number of aliphatic hydroxyl groups excluding tert-OH is 7. The van der Waals surface area contributed by atoms with Crippen LogP contribution in [0.5, 0.6) is 0 Å². The molecule has 55 heavy (non-hydrogen) atoms. The summed E-state index contributed by atoms with van der Waals surface area (Å²) in [6.45, 7) is 3.41. The molecule has 1 aliphatic rings. The lowest BCUT2D eigenvalue weighted by Crippen LogP contribution is -2.60. The smallest absolute Gasteiger partial charge is 0.249 e. The lowest BCUT2D eigenvalue weighted by Gasteiger charge is -2.40. The van der Waals surface area contributed by atoms with Crippen LogP contribution in [0, 0.1) is 0 Å². The molecule has 1 amide bonds. The van der Waals surface area contributed by atoms with E-state index in [1.54, 1.807) is 0 Å². The number of unbranched alkanes of at least 4 members (excludes halogenated alkanes) is 23. The fourth-order valence-electron chi connectivity index (χ4n) is 7.26. The van der Waals surface area contributed by atoms with E-state index in [0.29, 0.717) is 12.8 Å². The van der Waals surface area contributed by atoms with Gasteiger partial charge in [-0.1, -0.05) is 167 Å². The van der Waals surface area contributed by atoms with E-state index in [1.165, 1.54) is 116 Å². The standard InChI is InChI=1S/C44H85NO10/c1-3-5-7-9-11-13-15-17-18-19-20-22-23-25-27-29-31-36(47)39(49)35(34-54-44-42(52)41(51)40(50)38(33-46)55-44)45-43(53)37(48)32-30-28-26-24-21-16-14-12-10-8-6-4-2/h23,25,35-42,44,46-52H,3-22,24,26-34H2,1-2H3,(H,45,53)/b25-23+. The normalized spacial score (nSPS) is 22.5. The van der Waals surface area contributed by atoms with Crippen LogP contribution in [0.4, 0.5) is 0 Å². The third-order valence-electron chi connectivity index (χ3n) is 11.1. The molecule has 326 valence electrons. The molecule has 0 bridgehead atoms. The van der Waals surface area contributed by atoms with Crippen molar-refractivity contribution < 1.29 is 50.0 Å².